The Labute approximate surface area is 226 Å². The van der Waals surface area contributed by atoms with Gasteiger partial charge in [0.1, 0.15) is 5.58 Å². The van der Waals surface area contributed by atoms with Crippen LogP contribution in [0.25, 0.3) is 11.0 Å². The molecule has 0 saturated carbocycles. The number of methoxy groups -OCH3 is 1. The second kappa shape index (κ2) is 18.0. The zero-order valence-electron chi connectivity index (χ0n) is 22.7. The van der Waals surface area contributed by atoms with Crippen LogP contribution in [0.15, 0.2) is 62.7 Å². The number of benzene rings is 1. The van der Waals surface area contributed by atoms with Crippen LogP contribution in [0.1, 0.15) is 101 Å². The highest BCUT2D eigenvalue weighted by Crippen LogP contribution is 2.30. The van der Waals surface area contributed by atoms with Gasteiger partial charge in [0.25, 0.3) is 0 Å². The second-order valence-corrected chi connectivity index (χ2v) is 10.7. The summed E-state index contributed by atoms with van der Waals surface area (Å²) in [7, 11) is 1.25. The smallest absolute Gasteiger partial charge is 0.374 e. The van der Waals surface area contributed by atoms with Gasteiger partial charge in [-0.2, -0.15) is 0 Å². The summed E-state index contributed by atoms with van der Waals surface area (Å²) in [5.74, 6) is -0.810. The van der Waals surface area contributed by atoms with E-state index < -0.39 is 12.1 Å². The molecule has 0 saturated heterocycles. The molecular weight excluding hydrogens is 484 g/mol. The number of rotatable bonds is 18. The summed E-state index contributed by atoms with van der Waals surface area (Å²) < 4.78 is 10.3. The largest absolute Gasteiger partial charge is 0.463 e. The number of esters is 1. The average molecular weight is 529 g/mol. The molecule has 2 rings (SSSR count). The number of carbonyl (C=O) groups excluding carboxylic acids is 1. The van der Waals surface area contributed by atoms with Crippen molar-refractivity contribution < 1.29 is 19.1 Å². The quantitative estimate of drug-likeness (QED) is 0.0909. The Morgan fingerprint density at radius 2 is 1.70 bits per heavy atom. The lowest BCUT2D eigenvalue weighted by Gasteiger charge is -2.19. The molecule has 1 N–H and O–H groups in total. The van der Waals surface area contributed by atoms with Gasteiger partial charge in [-0.1, -0.05) is 95.9 Å². The van der Waals surface area contributed by atoms with Crippen LogP contribution in [-0.4, -0.2) is 29.5 Å². The maximum absolute atomic E-state index is 12.4. The first-order valence-electron chi connectivity index (χ1n) is 13.8. The summed E-state index contributed by atoms with van der Waals surface area (Å²) in [6.45, 7) is 4.36. The van der Waals surface area contributed by atoms with Crippen LogP contribution in [0.5, 0.6) is 0 Å². The first-order valence-corrected chi connectivity index (χ1v) is 14.7. The molecular formula is C31H44O5S. The number of aliphatic hydroxyl groups excluding tert-OH is 1. The summed E-state index contributed by atoms with van der Waals surface area (Å²) in [6.07, 6.45) is 22.2. The van der Waals surface area contributed by atoms with E-state index in [2.05, 4.69) is 30.7 Å². The molecule has 0 unspecified atom stereocenters. The van der Waals surface area contributed by atoms with Gasteiger partial charge in [0.05, 0.1) is 23.8 Å². The third-order valence-electron chi connectivity index (χ3n) is 6.36. The molecule has 0 radical (unpaired) electrons. The Hall–Kier alpha value is -2.31. The van der Waals surface area contributed by atoms with Gasteiger partial charge in [-0.15, -0.1) is 11.8 Å². The van der Waals surface area contributed by atoms with Crippen LogP contribution in [0.2, 0.25) is 0 Å². The van der Waals surface area contributed by atoms with Gasteiger partial charge in [0.2, 0.25) is 5.76 Å². The minimum atomic E-state index is -0.688. The minimum absolute atomic E-state index is 0.122. The molecule has 1 heterocycles. The Morgan fingerprint density at radius 1 is 1.00 bits per heavy atom. The predicted molar refractivity (Wildman–Crippen MR) is 155 cm³/mol. The Balaban J connectivity index is 1.99. The van der Waals surface area contributed by atoms with Crippen LogP contribution in [0, 0.1) is 0 Å². The highest BCUT2D eigenvalue weighted by atomic mass is 32.2. The van der Waals surface area contributed by atoms with Gasteiger partial charge in [-0.3, -0.25) is 4.79 Å². The summed E-state index contributed by atoms with van der Waals surface area (Å²) in [5, 5.41) is 11.1. The fourth-order valence-electron chi connectivity index (χ4n) is 4.14. The van der Waals surface area contributed by atoms with E-state index in [-0.39, 0.29) is 16.4 Å². The summed E-state index contributed by atoms with van der Waals surface area (Å²) in [5.41, 5.74) is 0.0354. The van der Waals surface area contributed by atoms with E-state index in [9.17, 15) is 14.7 Å². The molecule has 5 nitrogen and oxygen atoms in total. The molecule has 0 bridgehead atoms. The number of fused-ring (bicyclic) bond motifs is 1. The normalized spacial score (nSPS) is 13.5. The number of carbonyl (C=O) groups is 1. The van der Waals surface area contributed by atoms with E-state index in [1.807, 2.05) is 18.2 Å². The third-order valence-corrected chi connectivity index (χ3v) is 7.63. The summed E-state index contributed by atoms with van der Waals surface area (Å²) in [6, 6.07) is 6.46. The number of hydrogen-bond donors (Lipinski definition) is 1. The predicted octanol–water partition coefficient (Wildman–Crippen LogP) is 8.23. The highest BCUT2D eigenvalue weighted by Gasteiger charge is 2.19. The van der Waals surface area contributed by atoms with E-state index in [0.29, 0.717) is 11.0 Å². The summed E-state index contributed by atoms with van der Waals surface area (Å²) >= 11 is 1.52. The Kier molecular flexibility index (Phi) is 15.1. The molecule has 37 heavy (non-hydrogen) atoms. The van der Waals surface area contributed by atoms with Crippen LogP contribution in [0.4, 0.5) is 0 Å². The molecule has 0 spiro atoms. The number of thioether (sulfide) groups is 1. The molecule has 1 aromatic carbocycles. The Bertz CT molecular complexity index is 1060. The van der Waals surface area contributed by atoms with E-state index in [0.717, 1.165) is 36.6 Å². The third kappa shape index (κ3) is 11.3. The monoisotopic (exact) mass is 528 g/mol. The van der Waals surface area contributed by atoms with Gasteiger partial charge >= 0.3 is 5.97 Å². The number of unbranched alkanes of at least 4 members (excludes halogenated alkanes) is 9. The van der Waals surface area contributed by atoms with Crippen molar-refractivity contribution in [2.45, 2.75) is 107 Å². The van der Waals surface area contributed by atoms with E-state index in [1.165, 1.54) is 70.2 Å². The van der Waals surface area contributed by atoms with Crippen LogP contribution < -0.4 is 5.43 Å². The zero-order chi connectivity index (χ0) is 26.9. The zero-order valence-corrected chi connectivity index (χ0v) is 23.6. The molecule has 0 amide bonds. The fourth-order valence-corrected chi connectivity index (χ4v) is 5.23. The molecule has 0 fully saturated rings. The topological polar surface area (TPSA) is 76.7 Å². The minimum Gasteiger partial charge on any atom is -0.463 e. The van der Waals surface area contributed by atoms with Gasteiger partial charge in [0.15, 0.2) is 5.43 Å². The standard InChI is InChI=1S/C31H44O5S/c1-4-6-8-9-10-11-12-13-14-15-16-17-19-30(26(32)18-7-5-2)37-24-20-21-25-27(33)23-29(31(34)35-3)36-28(25)22-24/h15-17,19-23,26,30,32H,4-14,18H2,1-3H3/t26-,30+/m0/s1. The molecule has 2 atom stereocenters. The van der Waals surface area contributed by atoms with Gasteiger partial charge in [0, 0.05) is 11.0 Å². The summed E-state index contributed by atoms with van der Waals surface area (Å²) in [4.78, 5) is 25.1. The van der Waals surface area contributed by atoms with Gasteiger partial charge < -0.3 is 14.3 Å². The van der Waals surface area contributed by atoms with E-state index >= 15 is 0 Å². The van der Waals surface area contributed by atoms with Gasteiger partial charge in [-0.25, -0.2) is 4.79 Å². The van der Waals surface area contributed by atoms with Crippen molar-refractivity contribution in [1.82, 2.24) is 0 Å². The molecule has 1 aromatic heterocycles. The van der Waals surface area contributed by atoms with Crippen LogP contribution in [0.3, 0.4) is 0 Å². The van der Waals surface area contributed by atoms with E-state index in [1.54, 1.807) is 12.1 Å². The molecule has 0 aliphatic heterocycles. The van der Waals surface area contributed by atoms with Crippen molar-refractivity contribution in [3.05, 3.63) is 64.6 Å². The van der Waals surface area contributed by atoms with Crippen LogP contribution in [-0.2, 0) is 4.74 Å². The lowest BCUT2D eigenvalue weighted by Crippen LogP contribution is -2.20. The lowest BCUT2D eigenvalue weighted by atomic mass is 10.1. The number of hydrogen-bond acceptors (Lipinski definition) is 6. The van der Waals surface area contributed by atoms with Crippen molar-refractivity contribution in [2.24, 2.45) is 0 Å². The lowest BCUT2D eigenvalue weighted by molar-refractivity contribution is 0.0565. The second-order valence-electron chi connectivity index (χ2n) is 9.49. The molecule has 2 aromatic rings. The van der Waals surface area contributed by atoms with Crippen molar-refractivity contribution in [2.75, 3.05) is 7.11 Å². The molecule has 6 heteroatoms. The molecule has 0 aliphatic rings. The van der Waals surface area contributed by atoms with Crippen molar-refractivity contribution >= 4 is 28.7 Å². The maximum atomic E-state index is 12.4. The molecule has 0 aliphatic carbocycles. The number of ether oxygens (including phenoxy) is 1. The highest BCUT2D eigenvalue weighted by molar-refractivity contribution is 8.00. The number of aliphatic hydroxyl groups is 1. The van der Waals surface area contributed by atoms with Gasteiger partial charge in [-0.05, 0) is 37.5 Å². The average Bonchev–Trinajstić information content (AvgIpc) is 2.90. The first-order chi connectivity index (χ1) is 18.0. The SMILES string of the molecule is CCCCCCCCCCC=CC=C[C@@H](Sc1ccc2c(=O)cc(C(=O)OC)oc2c1)[C@@H](O)CCCC. The van der Waals surface area contributed by atoms with Crippen molar-refractivity contribution in [1.29, 1.82) is 0 Å². The number of allylic oxidation sites excluding steroid dienone is 3. The Morgan fingerprint density at radius 3 is 2.41 bits per heavy atom. The molecule has 204 valence electrons. The fraction of sp³-hybridized carbons (Fsp3) is 0.548. The van der Waals surface area contributed by atoms with E-state index in [4.69, 9.17) is 4.42 Å². The van der Waals surface area contributed by atoms with Crippen molar-refractivity contribution in [3.63, 3.8) is 0 Å². The van der Waals surface area contributed by atoms with Crippen molar-refractivity contribution in [3.8, 4) is 0 Å². The maximum Gasteiger partial charge on any atom is 0.374 e. The van der Waals surface area contributed by atoms with Crippen LogP contribution >= 0.6 is 11.8 Å². The first kappa shape index (κ1) is 30.9.